The van der Waals surface area contributed by atoms with Crippen molar-refractivity contribution in [3.05, 3.63) is 42.5 Å². The van der Waals surface area contributed by atoms with Gasteiger partial charge in [-0.05, 0) is 37.0 Å². The van der Waals surface area contributed by atoms with E-state index in [-0.39, 0.29) is 23.0 Å². The lowest BCUT2D eigenvalue weighted by Crippen LogP contribution is -2.45. The van der Waals surface area contributed by atoms with Crippen LogP contribution in [0, 0.1) is 5.92 Å². The molecule has 1 aromatic carbocycles. The SMILES string of the molecule is C=CC(N1CCC(CO)CC1)S(=O)(=O)c1cccc(C(=O)O)c1. The molecular formula is C16H21NO5S. The molecule has 1 aliphatic rings. The molecule has 1 unspecified atom stereocenters. The summed E-state index contributed by atoms with van der Waals surface area (Å²) in [4.78, 5) is 12.8. The third-order valence-electron chi connectivity index (χ3n) is 4.20. The van der Waals surface area contributed by atoms with Crippen LogP contribution in [-0.2, 0) is 9.84 Å². The molecule has 6 nitrogen and oxygen atoms in total. The number of piperidine rings is 1. The number of likely N-dealkylation sites (tertiary alicyclic amines) is 1. The lowest BCUT2D eigenvalue weighted by atomic mass is 9.98. The second kappa shape index (κ2) is 7.25. The molecule has 0 aliphatic carbocycles. The summed E-state index contributed by atoms with van der Waals surface area (Å²) >= 11 is 0. The quantitative estimate of drug-likeness (QED) is 0.760. The number of aromatic carboxylic acids is 1. The van der Waals surface area contributed by atoms with Gasteiger partial charge in [-0.25, -0.2) is 13.2 Å². The molecule has 1 fully saturated rings. The molecule has 2 rings (SSSR count). The highest BCUT2D eigenvalue weighted by Gasteiger charge is 2.33. The van der Waals surface area contributed by atoms with Gasteiger partial charge in [-0.2, -0.15) is 0 Å². The van der Waals surface area contributed by atoms with Crippen molar-refractivity contribution in [2.75, 3.05) is 19.7 Å². The number of carboxylic acid groups (broad SMARTS) is 1. The fourth-order valence-electron chi connectivity index (χ4n) is 2.81. The predicted molar refractivity (Wildman–Crippen MR) is 86.0 cm³/mol. The van der Waals surface area contributed by atoms with E-state index in [1.54, 1.807) is 0 Å². The molecule has 0 spiro atoms. The molecule has 1 aromatic rings. The van der Waals surface area contributed by atoms with Gasteiger partial charge in [0.25, 0.3) is 0 Å². The number of benzene rings is 1. The van der Waals surface area contributed by atoms with Crippen molar-refractivity contribution in [3.63, 3.8) is 0 Å². The topological polar surface area (TPSA) is 94.9 Å². The first-order valence-electron chi connectivity index (χ1n) is 7.45. The Morgan fingerprint density at radius 1 is 1.39 bits per heavy atom. The van der Waals surface area contributed by atoms with Gasteiger partial charge in [0, 0.05) is 19.7 Å². The monoisotopic (exact) mass is 339 g/mol. The Morgan fingerprint density at radius 3 is 2.57 bits per heavy atom. The van der Waals surface area contributed by atoms with Crippen molar-refractivity contribution in [2.24, 2.45) is 5.92 Å². The van der Waals surface area contributed by atoms with Crippen LogP contribution in [0.4, 0.5) is 0 Å². The zero-order valence-electron chi connectivity index (χ0n) is 12.8. The third-order valence-corrected chi connectivity index (χ3v) is 6.23. The molecule has 23 heavy (non-hydrogen) atoms. The number of carboxylic acids is 1. The maximum absolute atomic E-state index is 12.8. The summed E-state index contributed by atoms with van der Waals surface area (Å²) in [6.07, 6.45) is 2.83. The highest BCUT2D eigenvalue weighted by atomic mass is 32.2. The van der Waals surface area contributed by atoms with E-state index in [0.717, 1.165) is 12.8 Å². The maximum atomic E-state index is 12.8. The number of rotatable bonds is 6. The predicted octanol–water partition coefficient (Wildman–Crippen LogP) is 1.37. The molecule has 0 radical (unpaired) electrons. The molecule has 1 saturated heterocycles. The zero-order valence-corrected chi connectivity index (χ0v) is 13.6. The molecule has 1 atom stereocenters. The molecule has 1 heterocycles. The first-order chi connectivity index (χ1) is 10.9. The first-order valence-corrected chi connectivity index (χ1v) is 8.99. The molecule has 0 saturated carbocycles. The second-order valence-electron chi connectivity index (χ2n) is 5.67. The van der Waals surface area contributed by atoms with Crippen LogP contribution in [0.15, 0.2) is 41.8 Å². The van der Waals surface area contributed by atoms with E-state index < -0.39 is 21.2 Å². The van der Waals surface area contributed by atoms with Gasteiger partial charge in [-0.3, -0.25) is 4.90 Å². The second-order valence-corrected chi connectivity index (χ2v) is 7.71. The minimum absolute atomic E-state index is 0.0217. The minimum atomic E-state index is -3.75. The Hall–Kier alpha value is -1.70. The molecule has 1 aliphatic heterocycles. The number of hydrogen-bond acceptors (Lipinski definition) is 5. The summed E-state index contributed by atoms with van der Waals surface area (Å²) in [6, 6.07) is 5.36. The number of hydrogen-bond donors (Lipinski definition) is 2. The van der Waals surface area contributed by atoms with Gasteiger partial charge in [-0.15, -0.1) is 6.58 Å². The molecule has 0 bridgehead atoms. The van der Waals surface area contributed by atoms with E-state index in [2.05, 4.69) is 6.58 Å². The van der Waals surface area contributed by atoms with Crippen molar-refractivity contribution in [2.45, 2.75) is 23.1 Å². The van der Waals surface area contributed by atoms with E-state index >= 15 is 0 Å². The van der Waals surface area contributed by atoms with Crippen molar-refractivity contribution < 1.29 is 23.4 Å². The Bertz CT molecular complexity index is 677. The average molecular weight is 339 g/mol. The fraction of sp³-hybridized carbons (Fsp3) is 0.438. The van der Waals surface area contributed by atoms with Crippen molar-refractivity contribution in [1.29, 1.82) is 0 Å². The third kappa shape index (κ3) is 3.80. The van der Waals surface area contributed by atoms with Crippen molar-refractivity contribution in [3.8, 4) is 0 Å². The van der Waals surface area contributed by atoms with E-state index in [0.29, 0.717) is 13.1 Å². The van der Waals surface area contributed by atoms with Gasteiger partial charge < -0.3 is 10.2 Å². The molecule has 2 N–H and O–H groups in total. The smallest absolute Gasteiger partial charge is 0.335 e. The summed E-state index contributed by atoms with van der Waals surface area (Å²) in [6.45, 7) is 4.86. The Balaban J connectivity index is 2.27. The number of aliphatic hydroxyl groups is 1. The number of sulfone groups is 1. The lowest BCUT2D eigenvalue weighted by Gasteiger charge is -2.35. The Kier molecular flexibility index (Phi) is 5.56. The highest BCUT2D eigenvalue weighted by molar-refractivity contribution is 7.92. The standard InChI is InChI=1S/C16H21NO5S/c1-2-15(17-8-6-12(11-18)7-9-17)23(21,22)14-5-3-4-13(10-14)16(19)20/h2-5,10,12,15,18H,1,6-9,11H2,(H,19,20). The molecule has 0 aromatic heterocycles. The van der Waals surface area contributed by atoms with Gasteiger partial charge in [-0.1, -0.05) is 12.1 Å². The Morgan fingerprint density at radius 2 is 2.04 bits per heavy atom. The van der Waals surface area contributed by atoms with Crippen LogP contribution in [0.2, 0.25) is 0 Å². The highest BCUT2D eigenvalue weighted by Crippen LogP contribution is 2.25. The summed E-state index contributed by atoms with van der Waals surface area (Å²) in [5.41, 5.74) is -0.0622. The maximum Gasteiger partial charge on any atom is 0.335 e. The summed E-state index contributed by atoms with van der Waals surface area (Å²) in [7, 11) is -3.75. The number of carbonyl (C=O) groups is 1. The van der Waals surface area contributed by atoms with Gasteiger partial charge in [0.05, 0.1) is 10.5 Å². The van der Waals surface area contributed by atoms with Gasteiger partial charge in [0.15, 0.2) is 9.84 Å². The average Bonchev–Trinajstić information content (AvgIpc) is 2.56. The van der Waals surface area contributed by atoms with E-state index in [9.17, 15) is 18.3 Å². The summed E-state index contributed by atoms with van der Waals surface area (Å²) in [5.74, 6) is -0.962. The number of nitrogens with zero attached hydrogens (tertiary/aromatic N) is 1. The first kappa shape index (κ1) is 17.7. The molecule has 0 amide bonds. The van der Waals surface area contributed by atoms with Crippen LogP contribution in [0.5, 0.6) is 0 Å². The van der Waals surface area contributed by atoms with E-state index in [1.807, 2.05) is 4.90 Å². The van der Waals surface area contributed by atoms with Crippen molar-refractivity contribution in [1.82, 2.24) is 4.90 Å². The van der Waals surface area contributed by atoms with Gasteiger partial charge >= 0.3 is 5.97 Å². The fourth-order valence-corrected chi connectivity index (χ4v) is 4.50. The van der Waals surface area contributed by atoms with Crippen LogP contribution < -0.4 is 0 Å². The molecule has 7 heteroatoms. The van der Waals surface area contributed by atoms with Crippen LogP contribution in [0.3, 0.4) is 0 Å². The molecule has 126 valence electrons. The largest absolute Gasteiger partial charge is 0.478 e. The van der Waals surface area contributed by atoms with Gasteiger partial charge in [0.2, 0.25) is 0 Å². The van der Waals surface area contributed by atoms with E-state index in [4.69, 9.17) is 5.11 Å². The van der Waals surface area contributed by atoms with Crippen molar-refractivity contribution >= 4 is 15.8 Å². The molecular weight excluding hydrogens is 318 g/mol. The normalized spacial score (nSPS) is 18.5. The minimum Gasteiger partial charge on any atom is -0.478 e. The lowest BCUT2D eigenvalue weighted by molar-refractivity contribution is 0.0696. The van der Waals surface area contributed by atoms with Crippen LogP contribution in [0.25, 0.3) is 0 Å². The van der Waals surface area contributed by atoms with Crippen LogP contribution >= 0.6 is 0 Å². The number of aliphatic hydroxyl groups excluding tert-OH is 1. The van der Waals surface area contributed by atoms with Gasteiger partial charge in [0.1, 0.15) is 5.37 Å². The zero-order chi connectivity index (χ0) is 17.0. The summed E-state index contributed by atoms with van der Waals surface area (Å²) < 4.78 is 25.7. The summed E-state index contributed by atoms with van der Waals surface area (Å²) in [5, 5.41) is 17.3. The van der Waals surface area contributed by atoms with Crippen LogP contribution in [0.1, 0.15) is 23.2 Å². The Labute approximate surface area is 136 Å². The van der Waals surface area contributed by atoms with Crippen LogP contribution in [-0.4, -0.2) is 54.6 Å². The van der Waals surface area contributed by atoms with E-state index in [1.165, 1.54) is 30.3 Å².